The summed E-state index contributed by atoms with van der Waals surface area (Å²) < 4.78 is 0. The predicted molar refractivity (Wildman–Crippen MR) is 94.4 cm³/mol. The van der Waals surface area contributed by atoms with E-state index in [0.29, 0.717) is 4.88 Å². The first-order valence-corrected chi connectivity index (χ1v) is 9.38. The number of carboxylic acids is 1. The highest BCUT2D eigenvalue weighted by atomic mass is 32.2. The normalized spacial score (nSPS) is 11.9. The first kappa shape index (κ1) is 17.6. The molecule has 1 amide bonds. The molecule has 0 spiro atoms. The molecule has 1 atom stereocenters. The van der Waals surface area contributed by atoms with Crippen LogP contribution in [0.15, 0.2) is 40.6 Å². The molecule has 1 aromatic heterocycles. The Kier molecular flexibility index (Phi) is 6.24. The lowest BCUT2D eigenvalue weighted by Crippen LogP contribution is -2.30. The third kappa shape index (κ3) is 4.59. The van der Waals surface area contributed by atoms with Gasteiger partial charge in [0.2, 0.25) is 0 Å². The third-order valence-corrected chi connectivity index (χ3v) is 5.24. The number of carbonyl (C=O) groups is 2. The van der Waals surface area contributed by atoms with Crippen LogP contribution >= 0.6 is 23.1 Å². The highest BCUT2D eigenvalue weighted by Crippen LogP contribution is 2.23. The van der Waals surface area contributed by atoms with Crippen molar-refractivity contribution in [2.45, 2.75) is 30.7 Å². The molecule has 0 fully saturated rings. The van der Waals surface area contributed by atoms with Gasteiger partial charge in [-0.2, -0.15) is 0 Å². The molecule has 2 rings (SSSR count). The van der Waals surface area contributed by atoms with Crippen LogP contribution < -0.4 is 5.32 Å². The van der Waals surface area contributed by atoms with Crippen molar-refractivity contribution in [1.82, 2.24) is 5.32 Å². The number of amides is 1. The quantitative estimate of drug-likeness (QED) is 0.742. The smallest absolute Gasteiger partial charge is 0.305 e. The van der Waals surface area contributed by atoms with Crippen LogP contribution in [-0.4, -0.2) is 23.2 Å². The molecule has 0 aliphatic rings. The molecule has 0 aliphatic heterocycles. The van der Waals surface area contributed by atoms with E-state index < -0.39 is 12.0 Å². The van der Waals surface area contributed by atoms with E-state index in [-0.39, 0.29) is 12.3 Å². The van der Waals surface area contributed by atoms with Crippen molar-refractivity contribution in [3.8, 4) is 0 Å². The highest BCUT2D eigenvalue weighted by Gasteiger charge is 2.21. The predicted octanol–water partition coefficient (Wildman–Crippen LogP) is 3.98. The Morgan fingerprint density at radius 1 is 1.26 bits per heavy atom. The van der Waals surface area contributed by atoms with Crippen LogP contribution in [0.5, 0.6) is 0 Å². The summed E-state index contributed by atoms with van der Waals surface area (Å²) in [6.45, 7) is 1.99. The molecule has 23 heavy (non-hydrogen) atoms. The Labute approximate surface area is 143 Å². The van der Waals surface area contributed by atoms with Crippen molar-refractivity contribution in [3.05, 3.63) is 51.7 Å². The van der Waals surface area contributed by atoms with Gasteiger partial charge in [0.15, 0.2) is 0 Å². The fourth-order valence-corrected chi connectivity index (χ4v) is 3.61. The zero-order valence-corrected chi connectivity index (χ0v) is 14.7. The number of aliphatic carboxylic acids is 1. The summed E-state index contributed by atoms with van der Waals surface area (Å²) in [5.74, 6) is -1.15. The van der Waals surface area contributed by atoms with E-state index in [9.17, 15) is 9.59 Å². The van der Waals surface area contributed by atoms with Crippen molar-refractivity contribution in [2.24, 2.45) is 0 Å². The summed E-state index contributed by atoms with van der Waals surface area (Å²) in [5.41, 5.74) is 1.78. The van der Waals surface area contributed by atoms with Crippen LogP contribution in [0, 0.1) is 0 Å². The van der Waals surface area contributed by atoms with E-state index in [0.717, 1.165) is 22.4 Å². The van der Waals surface area contributed by atoms with E-state index in [1.54, 1.807) is 11.8 Å². The fraction of sp³-hybridized carbons (Fsp3) is 0.294. The number of benzene rings is 1. The Hall–Kier alpha value is -1.79. The largest absolute Gasteiger partial charge is 0.481 e. The molecular weight excluding hydrogens is 330 g/mol. The van der Waals surface area contributed by atoms with E-state index in [1.165, 1.54) is 11.3 Å². The average Bonchev–Trinajstić information content (AvgIpc) is 3.02. The number of aryl methyl sites for hydroxylation is 1. The van der Waals surface area contributed by atoms with E-state index in [2.05, 4.69) is 5.32 Å². The lowest BCUT2D eigenvalue weighted by molar-refractivity contribution is -0.137. The average molecular weight is 349 g/mol. The summed E-state index contributed by atoms with van der Waals surface area (Å²) in [6, 6.07) is 9.00. The van der Waals surface area contributed by atoms with Crippen molar-refractivity contribution >= 4 is 35.0 Å². The van der Waals surface area contributed by atoms with Crippen LogP contribution in [0.2, 0.25) is 0 Å². The first-order chi connectivity index (χ1) is 11.0. The van der Waals surface area contributed by atoms with Gasteiger partial charge < -0.3 is 10.4 Å². The molecule has 0 aliphatic carbocycles. The van der Waals surface area contributed by atoms with E-state index >= 15 is 0 Å². The van der Waals surface area contributed by atoms with Crippen molar-refractivity contribution in [3.63, 3.8) is 0 Å². The van der Waals surface area contributed by atoms with Gasteiger partial charge in [0, 0.05) is 4.90 Å². The van der Waals surface area contributed by atoms with Gasteiger partial charge in [0.1, 0.15) is 0 Å². The Morgan fingerprint density at radius 3 is 2.52 bits per heavy atom. The maximum Gasteiger partial charge on any atom is 0.305 e. The second kappa shape index (κ2) is 8.17. The molecule has 2 aromatic rings. The number of rotatable bonds is 7. The second-order valence-electron chi connectivity index (χ2n) is 5.03. The van der Waals surface area contributed by atoms with Gasteiger partial charge in [0.05, 0.1) is 17.3 Å². The molecule has 1 heterocycles. The zero-order chi connectivity index (χ0) is 16.8. The minimum atomic E-state index is -0.939. The number of carboxylic acid groups (broad SMARTS) is 1. The summed E-state index contributed by atoms with van der Waals surface area (Å²) in [6.07, 6.45) is 2.62. The third-order valence-electron chi connectivity index (χ3n) is 3.54. The van der Waals surface area contributed by atoms with E-state index in [1.807, 2.05) is 48.9 Å². The van der Waals surface area contributed by atoms with Crippen LogP contribution in [-0.2, 0) is 11.2 Å². The van der Waals surface area contributed by atoms with Gasteiger partial charge in [0.25, 0.3) is 5.91 Å². The monoisotopic (exact) mass is 349 g/mol. The molecule has 0 saturated carbocycles. The van der Waals surface area contributed by atoms with Crippen LogP contribution in [0.1, 0.15) is 40.2 Å². The first-order valence-electron chi connectivity index (χ1n) is 7.28. The SMILES string of the molecule is CCc1ccsc1C(=O)NC(CC(=O)O)c1ccc(SC)cc1. The maximum atomic E-state index is 12.5. The number of thiophene rings is 1. The molecule has 0 bridgehead atoms. The molecule has 0 saturated heterocycles. The van der Waals surface area contributed by atoms with Crippen molar-refractivity contribution in [2.75, 3.05) is 6.26 Å². The molecule has 1 aromatic carbocycles. The lowest BCUT2D eigenvalue weighted by Gasteiger charge is -2.18. The van der Waals surface area contributed by atoms with Gasteiger partial charge in [-0.25, -0.2) is 0 Å². The minimum absolute atomic E-state index is 0.142. The molecular formula is C17H19NO3S2. The molecule has 122 valence electrons. The standard InChI is InChI=1S/C17H19NO3S2/c1-3-11-8-9-23-16(11)17(21)18-14(10-15(19)20)12-4-6-13(22-2)7-5-12/h4-9,14H,3,10H2,1-2H3,(H,18,21)(H,19,20). The topological polar surface area (TPSA) is 66.4 Å². The van der Waals surface area contributed by atoms with Gasteiger partial charge in [-0.15, -0.1) is 23.1 Å². The molecule has 0 radical (unpaired) electrons. The number of hydrogen-bond donors (Lipinski definition) is 2. The van der Waals surface area contributed by atoms with Gasteiger partial charge in [-0.1, -0.05) is 19.1 Å². The molecule has 1 unspecified atom stereocenters. The molecule has 6 heteroatoms. The number of nitrogens with one attached hydrogen (secondary N) is 1. The van der Waals surface area contributed by atoms with Crippen molar-refractivity contribution < 1.29 is 14.7 Å². The molecule has 2 N–H and O–H groups in total. The zero-order valence-electron chi connectivity index (χ0n) is 13.0. The second-order valence-corrected chi connectivity index (χ2v) is 6.82. The number of thioether (sulfide) groups is 1. The Morgan fingerprint density at radius 2 is 1.96 bits per heavy atom. The molecule has 4 nitrogen and oxygen atoms in total. The van der Waals surface area contributed by atoms with Crippen LogP contribution in [0.4, 0.5) is 0 Å². The van der Waals surface area contributed by atoms with Crippen LogP contribution in [0.3, 0.4) is 0 Å². The number of hydrogen-bond acceptors (Lipinski definition) is 4. The number of carbonyl (C=O) groups excluding carboxylic acids is 1. The lowest BCUT2D eigenvalue weighted by atomic mass is 10.0. The van der Waals surface area contributed by atoms with Gasteiger partial charge in [-0.3, -0.25) is 9.59 Å². The van der Waals surface area contributed by atoms with Gasteiger partial charge >= 0.3 is 5.97 Å². The summed E-state index contributed by atoms with van der Waals surface area (Å²) >= 11 is 3.00. The van der Waals surface area contributed by atoms with Crippen molar-refractivity contribution in [1.29, 1.82) is 0 Å². The Bertz CT molecular complexity index is 679. The minimum Gasteiger partial charge on any atom is -0.481 e. The van der Waals surface area contributed by atoms with Gasteiger partial charge in [-0.05, 0) is 47.4 Å². The maximum absolute atomic E-state index is 12.5. The summed E-state index contributed by atoms with van der Waals surface area (Å²) in [4.78, 5) is 25.4. The van der Waals surface area contributed by atoms with E-state index in [4.69, 9.17) is 5.11 Å². The fourth-order valence-electron chi connectivity index (χ4n) is 2.30. The highest BCUT2D eigenvalue weighted by molar-refractivity contribution is 7.98. The summed E-state index contributed by atoms with van der Waals surface area (Å²) in [7, 11) is 0. The summed E-state index contributed by atoms with van der Waals surface area (Å²) in [5, 5.41) is 13.9. The Balaban J connectivity index is 2.21. The van der Waals surface area contributed by atoms with Crippen LogP contribution in [0.25, 0.3) is 0 Å².